The molecule has 3 aromatic carbocycles. The molecule has 0 saturated carbocycles. The number of rotatable bonds is 5. The molecule has 0 aliphatic carbocycles. The standard InChI is InChI=1S/C21H16N4O5S/c1-13-6-9-15(10-7-13)31(29,30)21-23-17-11-8-14(12-18(17)24-21)22-20(26)16-4-2-3-5-19(16)25(27)28/h2-12H,1H3,(H,22,26)(H,23,24). The number of imidazole rings is 1. The lowest BCUT2D eigenvalue weighted by atomic mass is 10.1. The maximum Gasteiger partial charge on any atom is 0.282 e. The van der Waals surface area contributed by atoms with E-state index >= 15 is 0 Å². The molecule has 0 radical (unpaired) electrons. The Morgan fingerprint density at radius 1 is 1.06 bits per heavy atom. The minimum atomic E-state index is -3.84. The van der Waals surface area contributed by atoms with Crippen LogP contribution in [0.3, 0.4) is 0 Å². The third-order valence-electron chi connectivity index (χ3n) is 4.65. The molecule has 0 spiro atoms. The van der Waals surface area contributed by atoms with Crippen molar-refractivity contribution in [2.75, 3.05) is 5.32 Å². The Balaban J connectivity index is 1.65. The zero-order valence-corrected chi connectivity index (χ0v) is 17.0. The number of nitrogens with zero attached hydrogens (tertiary/aromatic N) is 2. The van der Waals surface area contributed by atoms with Crippen molar-refractivity contribution >= 4 is 38.2 Å². The van der Waals surface area contributed by atoms with Gasteiger partial charge in [0.25, 0.3) is 11.6 Å². The quantitative estimate of drug-likeness (QED) is 0.360. The first-order valence-electron chi connectivity index (χ1n) is 9.12. The lowest BCUT2D eigenvalue weighted by Gasteiger charge is -2.05. The summed E-state index contributed by atoms with van der Waals surface area (Å²) in [6, 6.07) is 16.6. The highest BCUT2D eigenvalue weighted by atomic mass is 32.2. The average molecular weight is 436 g/mol. The van der Waals surface area contributed by atoms with Crippen LogP contribution in [0.25, 0.3) is 11.0 Å². The fraction of sp³-hybridized carbons (Fsp3) is 0.0476. The van der Waals surface area contributed by atoms with Crippen LogP contribution in [0.1, 0.15) is 15.9 Å². The van der Waals surface area contributed by atoms with E-state index < -0.39 is 20.7 Å². The van der Waals surface area contributed by atoms with Crippen LogP contribution in [0.2, 0.25) is 0 Å². The van der Waals surface area contributed by atoms with Crippen LogP contribution in [0, 0.1) is 17.0 Å². The van der Waals surface area contributed by atoms with Crippen molar-refractivity contribution in [1.82, 2.24) is 9.97 Å². The van der Waals surface area contributed by atoms with Gasteiger partial charge in [0, 0.05) is 11.8 Å². The van der Waals surface area contributed by atoms with Crippen molar-refractivity contribution in [3.05, 3.63) is 88.0 Å². The van der Waals surface area contributed by atoms with Crippen molar-refractivity contribution < 1.29 is 18.1 Å². The second-order valence-corrected chi connectivity index (χ2v) is 8.68. The summed E-state index contributed by atoms with van der Waals surface area (Å²) < 4.78 is 25.7. The van der Waals surface area contributed by atoms with Gasteiger partial charge in [-0.3, -0.25) is 14.9 Å². The van der Waals surface area contributed by atoms with Crippen LogP contribution < -0.4 is 5.32 Å². The van der Waals surface area contributed by atoms with Gasteiger partial charge in [-0.05, 0) is 43.3 Å². The molecule has 9 nitrogen and oxygen atoms in total. The molecule has 0 unspecified atom stereocenters. The van der Waals surface area contributed by atoms with Crippen LogP contribution in [0.4, 0.5) is 11.4 Å². The average Bonchev–Trinajstić information content (AvgIpc) is 3.18. The normalized spacial score (nSPS) is 11.4. The summed E-state index contributed by atoms with van der Waals surface area (Å²) in [5, 5.41) is 13.5. The first-order valence-corrected chi connectivity index (χ1v) is 10.6. The van der Waals surface area contributed by atoms with Gasteiger partial charge in [0.05, 0.1) is 20.9 Å². The Kier molecular flexibility index (Phi) is 4.99. The highest BCUT2D eigenvalue weighted by Crippen LogP contribution is 2.25. The predicted octanol–water partition coefficient (Wildman–Crippen LogP) is 3.86. The largest absolute Gasteiger partial charge is 0.328 e. The number of aromatic nitrogens is 2. The summed E-state index contributed by atoms with van der Waals surface area (Å²) in [5.74, 6) is -0.654. The number of hydrogen-bond acceptors (Lipinski definition) is 6. The molecule has 0 fully saturated rings. The maximum absolute atomic E-state index is 12.8. The highest BCUT2D eigenvalue weighted by molar-refractivity contribution is 7.91. The molecule has 0 aliphatic heterocycles. The predicted molar refractivity (Wildman–Crippen MR) is 114 cm³/mol. The van der Waals surface area contributed by atoms with Crippen LogP contribution in [-0.2, 0) is 9.84 Å². The lowest BCUT2D eigenvalue weighted by molar-refractivity contribution is -0.385. The maximum atomic E-state index is 12.8. The third-order valence-corrected chi connectivity index (χ3v) is 6.24. The van der Waals surface area contributed by atoms with E-state index in [1.807, 2.05) is 6.92 Å². The van der Waals surface area contributed by atoms with Gasteiger partial charge in [0.1, 0.15) is 5.56 Å². The Labute approximate surface area is 176 Å². The number of sulfone groups is 1. The zero-order chi connectivity index (χ0) is 22.2. The van der Waals surface area contributed by atoms with Crippen LogP contribution >= 0.6 is 0 Å². The number of aryl methyl sites for hydroxylation is 1. The number of para-hydroxylation sites is 1. The highest BCUT2D eigenvalue weighted by Gasteiger charge is 2.23. The summed E-state index contributed by atoms with van der Waals surface area (Å²) in [6.45, 7) is 1.86. The third kappa shape index (κ3) is 3.88. The molecule has 1 aromatic heterocycles. The molecule has 0 bridgehead atoms. The van der Waals surface area contributed by atoms with Crippen molar-refractivity contribution in [3.63, 3.8) is 0 Å². The van der Waals surface area contributed by atoms with E-state index in [2.05, 4.69) is 15.3 Å². The smallest absolute Gasteiger partial charge is 0.282 e. The molecular weight excluding hydrogens is 420 g/mol. The number of nitrogens with one attached hydrogen (secondary N) is 2. The molecule has 4 aromatic rings. The molecule has 156 valence electrons. The van der Waals surface area contributed by atoms with Crippen LogP contribution in [-0.4, -0.2) is 29.2 Å². The minimum absolute atomic E-state index is 0.0835. The Bertz CT molecular complexity index is 1430. The van der Waals surface area contributed by atoms with Gasteiger partial charge in [0.2, 0.25) is 15.0 Å². The van der Waals surface area contributed by atoms with Gasteiger partial charge in [-0.15, -0.1) is 0 Å². The molecule has 0 aliphatic rings. The fourth-order valence-electron chi connectivity index (χ4n) is 3.04. The zero-order valence-electron chi connectivity index (χ0n) is 16.2. The number of benzene rings is 3. The molecule has 0 atom stereocenters. The molecule has 2 N–H and O–H groups in total. The second kappa shape index (κ2) is 7.65. The van der Waals surface area contributed by atoms with E-state index in [0.717, 1.165) is 5.56 Å². The topological polar surface area (TPSA) is 135 Å². The van der Waals surface area contributed by atoms with E-state index in [0.29, 0.717) is 16.7 Å². The van der Waals surface area contributed by atoms with Gasteiger partial charge < -0.3 is 10.3 Å². The number of aromatic amines is 1. The van der Waals surface area contributed by atoms with Gasteiger partial charge in [-0.25, -0.2) is 13.4 Å². The number of nitro groups is 1. The monoisotopic (exact) mass is 436 g/mol. The van der Waals surface area contributed by atoms with Crippen molar-refractivity contribution in [3.8, 4) is 0 Å². The number of carbonyl (C=O) groups is 1. The van der Waals surface area contributed by atoms with Crippen molar-refractivity contribution in [2.24, 2.45) is 0 Å². The number of hydrogen-bond donors (Lipinski definition) is 2. The fourth-order valence-corrected chi connectivity index (χ4v) is 4.22. The molecule has 1 amide bonds. The van der Waals surface area contributed by atoms with E-state index in [4.69, 9.17) is 0 Å². The number of amides is 1. The van der Waals surface area contributed by atoms with Gasteiger partial charge in [0.15, 0.2) is 0 Å². The Morgan fingerprint density at radius 2 is 1.77 bits per heavy atom. The van der Waals surface area contributed by atoms with Crippen LogP contribution in [0.5, 0.6) is 0 Å². The van der Waals surface area contributed by atoms with E-state index in [-0.39, 0.29) is 21.3 Å². The van der Waals surface area contributed by atoms with Crippen LogP contribution in [0.15, 0.2) is 76.8 Å². The number of H-pyrrole nitrogens is 1. The molecule has 31 heavy (non-hydrogen) atoms. The Hall–Kier alpha value is -4.05. The number of carbonyl (C=O) groups excluding carboxylic acids is 1. The summed E-state index contributed by atoms with van der Waals surface area (Å²) in [6.07, 6.45) is 0. The summed E-state index contributed by atoms with van der Waals surface area (Å²) >= 11 is 0. The Morgan fingerprint density at radius 3 is 2.48 bits per heavy atom. The van der Waals surface area contributed by atoms with E-state index in [1.165, 1.54) is 48.5 Å². The molecular formula is C21H16N4O5S. The molecule has 4 rings (SSSR count). The SMILES string of the molecule is Cc1ccc(S(=O)(=O)c2nc3ccc(NC(=O)c4ccccc4[N+](=O)[O-])cc3[nH]2)cc1. The lowest BCUT2D eigenvalue weighted by Crippen LogP contribution is -2.13. The molecule has 10 heteroatoms. The first-order chi connectivity index (χ1) is 14.8. The summed E-state index contributed by atoms with van der Waals surface area (Å²) in [4.78, 5) is 30.1. The van der Waals surface area contributed by atoms with E-state index in [9.17, 15) is 23.3 Å². The second-order valence-electron chi connectivity index (χ2n) is 6.82. The van der Waals surface area contributed by atoms with Gasteiger partial charge in [-0.2, -0.15) is 0 Å². The number of fused-ring (bicyclic) bond motifs is 1. The van der Waals surface area contributed by atoms with Crippen molar-refractivity contribution in [2.45, 2.75) is 17.0 Å². The number of nitro benzene ring substituents is 1. The van der Waals surface area contributed by atoms with E-state index in [1.54, 1.807) is 18.2 Å². The first kappa shape index (κ1) is 20.2. The molecule has 1 heterocycles. The minimum Gasteiger partial charge on any atom is -0.328 e. The number of anilines is 1. The summed E-state index contributed by atoms with van der Waals surface area (Å²) in [5.41, 5.74) is 1.66. The summed E-state index contributed by atoms with van der Waals surface area (Å²) in [7, 11) is -3.84. The van der Waals surface area contributed by atoms with Gasteiger partial charge in [-0.1, -0.05) is 29.8 Å². The van der Waals surface area contributed by atoms with Gasteiger partial charge >= 0.3 is 0 Å². The molecule has 0 saturated heterocycles. The van der Waals surface area contributed by atoms with Crippen molar-refractivity contribution in [1.29, 1.82) is 0 Å².